The molecule has 0 bridgehead atoms. The molecule has 1 aromatic rings. The van der Waals surface area contributed by atoms with Crippen LogP contribution in [0.4, 0.5) is 0 Å². The Morgan fingerprint density at radius 3 is 2.60 bits per heavy atom. The SMILES string of the molecule is CCOC(=O)/C=C/C(C)(C)[C@@H](OCc1ccccc1)C1SCCCS1. The van der Waals surface area contributed by atoms with Crippen LogP contribution in [-0.2, 0) is 20.9 Å². The summed E-state index contributed by atoms with van der Waals surface area (Å²) in [5, 5.41) is 0. The summed E-state index contributed by atoms with van der Waals surface area (Å²) < 4.78 is 11.8. The molecular weight excluding hydrogens is 352 g/mol. The van der Waals surface area contributed by atoms with Gasteiger partial charge in [-0.2, -0.15) is 0 Å². The van der Waals surface area contributed by atoms with E-state index in [2.05, 4.69) is 26.0 Å². The molecule has 1 aromatic carbocycles. The smallest absolute Gasteiger partial charge is 0.330 e. The summed E-state index contributed by atoms with van der Waals surface area (Å²) in [5.41, 5.74) is 0.910. The molecule has 1 fully saturated rings. The highest BCUT2D eigenvalue weighted by molar-refractivity contribution is 8.17. The van der Waals surface area contributed by atoms with Crippen LogP contribution in [0, 0.1) is 5.41 Å². The van der Waals surface area contributed by atoms with Gasteiger partial charge in [0.1, 0.15) is 0 Å². The van der Waals surface area contributed by atoms with E-state index in [4.69, 9.17) is 9.47 Å². The molecule has 0 saturated carbocycles. The number of thioether (sulfide) groups is 2. The molecule has 1 atom stereocenters. The largest absolute Gasteiger partial charge is 0.463 e. The quantitative estimate of drug-likeness (QED) is 0.473. The molecule has 1 saturated heterocycles. The molecule has 0 aliphatic carbocycles. The first-order valence-corrected chi connectivity index (χ1v) is 10.9. The second-order valence-corrected chi connectivity index (χ2v) is 9.38. The van der Waals surface area contributed by atoms with Crippen LogP contribution < -0.4 is 0 Å². The maximum Gasteiger partial charge on any atom is 0.330 e. The van der Waals surface area contributed by atoms with Gasteiger partial charge in [0.25, 0.3) is 0 Å². The van der Waals surface area contributed by atoms with Gasteiger partial charge in [-0.3, -0.25) is 0 Å². The molecule has 1 heterocycles. The summed E-state index contributed by atoms with van der Waals surface area (Å²) in [4.78, 5) is 11.7. The monoisotopic (exact) mass is 380 g/mol. The fraction of sp³-hybridized carbons (Fsp3) is 0.550. The van der Waals surface area contributed by atoms with Gasteiger partial charge in [0.2, 0.25) is 0 Å². The maximum atomic E-state index is 11.7. The predicted molar refractivity (Wildman–Crippen MR) is 108 cm³/mol. The third-order valence-corrected chi connectivity index (χ3v) is 7.06. The van der Waals surface area contributed by atoms with Crippen LogP contribution in [0.3, 0.4) is 0 Å². The zero-order valence-corrected chi connectivity index (χ0v) is 16.9. The Kier molecular flexibility index (Phi) is 8.40. The highest BCUT2D eigenvalue weighted by atomic mass is 32.2. The highest BCUT2D eigenvalue weighted by Gasteiger charge is 2.36. The van der Waals surface area contributed by atoms with Gasteiger partial charge in [0.15, 0.2) is 0 Å². The van der Waals surface area contributed by atoms with Crippen molar-refractivity contribution in [1.29, 1.82) is 0 Å². The van der Waals surface area contributed by atoms with E-state index in [1.165, 1.54) is 23.5 Å². The first-order valence-electron chi connectivity index (χ1n) is 8.77. The molecule has 0 radical (unpaired) electrons. The summed E-state index contributed by atoms with van der Waals surface area (Å²) in [7, 11) is 0. The van der Waals surface area contributed by atoms with Crippen molar-refractivity contribution in [1.82, 2.24) is 0 Å². The van der Waals surface area contributed by atoms with Gasteiger partial charge in [0, 0.05) is 11.5 Å². The predicted octanol–water partition coefficient (Wildman–Crippen LogP) is 4.91. The van der Waals surface area contributed by atoms with Gasteiger partial charge in [-0.25, -0.2) is 4.79 Å². The van der Waals surface area contributed by atoms with E-state index in [9.17, 15) is 4.79 Å². The van der Waals surface area contributed by atoms with Crippen LogP contribution in [0.25, 0.3) is 0 Å². The molecular formula is C20H28O3S2. The minimum atomic E-state index is -0.290. The Morgan fingerprint density at radius 1 is 1.28 bits per heavy atom. The van der Waals surface area contributed by atoms with Gasteiger partial charge in [0.05, 0.1) is 23.9 Å². The zero-order valence-electron chi connectivity index (χ0n) is 15.3. The Hall–Kier alpha value is -0.910. The van der Waals surface area contributed by atoms with Crippen molar-refractivity contribution in [3.8, 4) is 0 Å². The lowest BCUT2D eigenvalue weighted by Gasteiger charge is -2.38. The number of ether oxygens (including phenoxy) is 2. The van der Waals surface area contributed by atoms with E-state index in [0.29, 0.717) is 17.8 Å². The van der Waals surface area contributed by atoms with E-state index < -0.39 is 0 Å². The van der Waals surface area contributed by atoms with E-state index in [1.54, 1.807) is 6.08 Å². The van der Waals surface area contributed by atoms with Gasteiger partial charge in [-0.15, -0.1) is 23.5 Å². The fourth-order valence-corrected chi connectivity index (χ4v) is 6.09. The number of carbonyl (C=O) groups excluding carboxylic acids is 1. The number of esters is 1. The number of carbonyl (C=O) groups is 1. The van der Waals surface area contributed by atoms with E-state index >= 15 is 0 Å². The van der Waals surface area contributed by atoms with Crippen molar-refractivity contribution in [3.63, 3.8) is 0 Å². The van der Waals surface area contributed by atoms with Crippen molar-refractivity contribution in [2.75, 3.05) is 18.1 Å². The number of hydrogen-bond acceptors (Lipinski definition) is 5. The van der Waals surface area contributed by atoms with Crippen molar-refractivity contribution in [3.05, 3.63) is 48.0 Å². The first kappa shape index (κ1) is 20.4. The summed E-state index contributed by atoms with van der Waals surface area (Å²) in [6.45, 7) is 7.06. The summed E-state index contributed by atoms with van der Waals surface area (Å²) >= 11 is 3.93. The molecule has 5 heteroatoms. The third kappa shape index (κ3) is 6.72. The lowest BCUT2D eigenvalue weighted by molar-refractivity contribution is -0.137. The Morgan fingerprint density at radius 2 is 1.96 bits per heavy atom. The summed E-state index contributed by atoms with van der Waals surface area (Å²) in [6, 6.07) is 10.2. The van der Waals surface area contributed by atoms with Crippen molar-refractivity contribution < 1.29 is 14.3 Å². The maximum absolute atomic E-state index is 11.7. The molecule has 0 unspecified atom stereocenters. The second kappa shape index (κ2) is 10.3. The van der Waals surface area contributed by atoms with Gasteiger partial charge in [-0.1, -0.05) is 50.3 Å². The van der Waals surface area contributed by atoms with Crippen LogP contribution in [0.2, 0.25) is 0 Å². The van der Waals surface area contributed by atoms with Crippen molar-refractivity contribution >= 4 is 29.5 Å². The number of hydrogen-bond donors (Lipinski definition) is 0. The topological polar surface area (TPSA) is 35.5 Å². The van der Waals surface area contributed by atoms with Crippen LogP contribution in [-0.4, -0.2) is 34.8 Å². The standard InChI is InChI=1S/C20H28O3S2/c1-4-22-17(21)11-12-20(2,3)18(19-24-13-8-14-25-19)23-15-16-9-6-5-7-10-16/h5-7,9-12,18-19H,4,8,13-15H2,1-3H3/b12-11+/t18-/m0/s1. The lowest BCUT2D eigenvalue weighted by atomic mass is 9.86. The number of benzene rings is 1. The average molecular weight is 381 g/mol. The molecule has 138 valence electrons. The normalized spacial score (nSPS) is 17.6. The lowest BCUT2D eigenvalue weighted by Crippen LogP contribution is -2.39. The van der Waals surface area contributed by atoms with Crippen molar-refractivity contribution in [2.45, 2.75) is 44.5 Å². The molecule has 0 N–H and O–H groups in total. The van der Waals surface area contributed by atoms with Crippen LogP contribution in [0.15, 0.2) is 42.5 Å². The zero-order chi connectivity index (χ0) is 18.1. The van der Waals surface area contributed by atoms with Gasteiger partial charge >= 0.3 is 5.97 Å². The molecule has 0 amide bonds. The van der Waals surface area contributed by atoms with Crippen LogP contribution in [0.1, 0.15) is 32.8 Å². The molecule has 0 spiro atoms. The highest BCUT2D eigenvalue weighted by Crippen LogP contribution is 2.42. The summed E-state index contributed by atoms with van der Waals surface area (Å²) in [6.07, 6.45) is 4.75. The minimum absolute atomic E-state index is 0.0219. The molecule has 25 heavy (non-hydrogen) atoms. The van der Waals surface area contributed by atoms with E-state index in [0.717, 1.165) is 0 Å². The first-order chi connectivity index (χ1) is 12.0. The van der Waals surface area contributed by atoms with E-state index in [-0.39, 0.29) is 17.5 Å². The van der Waals surface area contributed by atoms with Crippen molar-refractivity contribution in [2.24, 2.45) is 5.41 Å². The second-order valence-electron chi connectivity index (χ2n) is 6.59. The molecule has 0 aromatic heterocycles. The Bertz CT molecular complexity index is 551. The molecule has 1 aliphatic rings. The van der Waals surface area contributed by atoms with Crippen LogP contribution >= 0.6 is 23.5 Å². The van der Waals surface area contributed by atoms with Gasteiger partial charge < -0.3 is 9.47 Å². The molecule has 3 nitrogen and oxygen atoms in total. The fourth-order valence-electron chi connectivity index (χ4n) is 2.65. The minimum Gasteiger partial charge on any atom is -0.463 e. The van der Waals surface area contributed by atoms with Gasteiger partial charge in [-0.05, 0) is 30.4 Å². The Balaban J connectivity index is 2.10. The van der Waals surface area contributed by atoms with E-state index in [1.807, 2.05) is 54.7 Å². The average Bonchev–Trinajstić information content (AvgIpc) is 2.62. The van der Waals surface area contributed by atoms with Crippen LogP contribution in [0.5, 0.6) is 0 Å². The Labute approximate surface area is 159 Å². The summed E-state index contributed by atoms with van der Waals surface area (Å²) in [5.74, 6) is 2.04. The molecule has 1 aliphatic heterocycles. The molecule has 2 rings (SSSR count). The number of rotatable bonds is 8. The third-order valence-electron chi connectivity index (χ3n) is 4.04.